The summed E-state index contributed by atoms with van der Waals surface area (Å²) in [5, 5.41) is 21.8. The summed E-state index contributed by atoms with van der Waals surface area (Å²) >= 11 is 0. The van der Waals surface area contributed by atoms with Crippen molar-refractivity contribution in [1.82, 2.24) is 5.32 Å². The van der Waals surface area contributed by atoms with Gasteiger partial charge in [0.1, 0.15) is 12.7 Å². The monoisotopic (exact) mass is 816 g/mol. The van der Waals surface area contributed by atoms with Crippen LogP contribution in [-0.4, -0.2) is 64.9 Å². The zero-order chi connectivity index (χ0) is 41.4. The van der Waals surface area contributed by atoms with E-state index in [-0.39, 0.29) is 12.8 Å². The number of allylic oxidation sites excluding steroid dienone is 4. The average Bonchev–Trinajstić information content (AvgIpc) is 3.17. The van der Waals surface area contributed by atoms with Gasteiger partial charge in [-0.15, -0.1) is 0 Å². The van der Waals surface area contributed by atoms with Gasteiger partial charge in [0.15, 0.2) is 6.04 Å². The summed E-state index contributed by atoms with van der Waals surface area (Å²) in [4.78, 5) is 45.9. The van der Waals surface area contributed by atoms with Crippen molar-refractivity contribution in [3.63, 3.8) is 0 Å². The Kier molecular flexibility index (Phi) is 38.3. The number of phosphoric ester groups is 1. The number of nitrogens with one attached hydrogen (secondary N) is 1. The molecule has 0 aliphatic heterocycles. The predicted molar refractivity (Wildman–Crippen MR) is 226 cm³/mol. The van der Waals surface area contributed by atoms with E-state index in [1.165, 1.54) is 103 Å². The molecule has 0 aromatic carbocycles. The highest BCUT2D eigenvalue weighted by Crippen LogP contribution is 2.43. The van der Waals surface area contributed by atoms with Crippen molar-refractivity contribution in [3.05, 3.63) is 24.3 Å². The molecular weight excluding hydrogens is 733 g/mol. The van der Waals surface area contributed by atoms with E-state index in [0.29, 0.717) is 12.8 Å². The molecule has 0 saturated carbocycles. The van der Waals surface area contributed by atoms with E-state index < -0.39 is 57.6 Å². The molecule has 0 bridgehead atoms. The number of hydrogen-bond acceptors (Lipinski definition) is 8. The number of aliphatic carboxylic acids is 1. The molecule has 0 spiro atoms. The van der Waals surface area contributed by atoms with Crippen molar-refractivity contribution >= 4 is 25.7 Å². The number of rotatable bonds is 42. The SMILES string of the molecule is CCCCCCCC/C=C\CCCCCCCCCC(=O)OCC(O)COP(=O)(O)OCC(NC(=O)CCCCCCC/C=C\CCCCCCCC)C(=O)O. The van der Waals surface area contributed by atoms with Crippen LogP contribution in [0.15, 0.2) is 24.3 Å². The van der Waals surface area contributed by atoms with Crippen LogP contribution in [0.25, 0.3) is 0 Å². The topological polar surface area (TPSA) is 169 Å². The Morgan fingerprint density at radius 1 is 0.554 bits per heavy atom. The molecule has 4 N–H and O–H groups in total. The minimum absolute atomic E-state index is 0.137. The summed E-state index contributed by atoms with van der Waals surface area (Å²) in [6, 6.07) is -1.55. The minimum Gasteiger partial charge on any atom is -0.480 e. The zero-order valence-electron chi connectivity index (χ0n) is 35.4. The number of aliphatic hydroxyl groups is 1. The Morgan fingerprint density at radius 3 is 1.36 bits per heavy atom. The normalized spacial score (nSPS) is 13.9. The quantitative estimate of drug-likeness (QED) is 0.0201. The molecule has 0 radical (unpaired) electrons. The summed E-state index contributed by atoms with van der Waals surface area (Å²) in [5.41, 5.74) is 0. The van der Waals surface area contributed by atoms with Gasteiger partial charge in [-0.2, -0.15) is 0 Å². The Morgan fingerprint density at radius 2 is 0.929 bits per heavy atom. The van der Waals surface area contributed by atoms with E-state index in [0.717, 1.165) is 64.2 Å². The first kappa shape index (κ1) is 54.0. The molecule has 0 saturated heterocycles. The van der Waals surface area contributed by atoms with Crippen LogP contribution in [-0.2, 0) is 32.7 Å². The second kappa shape index (κ2) is 39.8. The molecule has 1 amide bonds. The molecule has 0 rings (SSSR count). The van der Waals surface area contributed by atoms with E-state index in [4.69, 9.17) is 13.8 Å². The van der Waals surface area contributed by atoms with Gasteiger partial charge in [0, 0.05) is 12.8 Å². The van der Waals surface area contributed by atoms with Crippen molar-refractivity contribution in [3.8, 4) is 0 Å². The Hall–Kier alpha value is -2.04. The molecule has 0 aliphatic carbocycles. The highest BCUT2D eigenvalue weighted by molar-refractivity contribution is 7.47. The Labute approximate surface area is 340 Å². The van der Waals surface area contributed by atoms with Gasteiger partial charge in [0.25, 0.3) is 0 Å². The summed E-state index contributed by atoms with van der Waals surface area (Å²) < 4.78 is 26.8. The van der Waals surface area contributed by atoms with Crippen LogP contribution in [0.4, 0.5) is 0 Å². The highest BCUT2D eigenvalue weighted by Gasteiger charge is 2.28. The van der Waals surface area contributed by atoms with Crippen molar-refractivity contribution in [2.45, 2.75) is 219 Å². The summed E-state index contributed by atoms with van der Waals surface area (Å²) in [6.07, 6.45) is 40.5. The number of carboxylic acid groups (broad SMARTS) is 1. The Balaban J connectivity index is 3.90. The molecule has 56 heavy (non-hydrogen) atoms. The number of unbranched alkanes of at least 4 members (excludes halogenated alkanes) is 24. The van der Waals surface area contributed by atoms with E-state index >= 15 is 0 Å². The number of carbonyl (C=O) groups excluding carboxylic acids is 2. The van der Waals surface area contributed by atoms with Gasteiger partial charge >= 0.3 is 19.8 Å². The summed E-state index contributed by atoms with van der Waals surface area (Å²) in [6.45, 7) is 2.58. The summed E-state index contributed by atoms with van der Waals surface area (Å²) in [5.74, 6) is -2.38. The van der Waals surface area contributed by atoms with Gasteiger partial charge in [0.05, 0.1) is 13.2 Å². The molecular formula is C44H82NO10P. The van der Waals surface area contributed by atoms with E-state index in [1.807, 2.05) is 0 Å². The van der Waals surface area contributed by atoms with Gasteiger partial charge in [-0.1, -0.05) is 154 Å². The number of carbonyl (C=O) groups is 3. The molecule has 12 heteroatoms. The van der Waals surface area contributed by atoms with Crippen LogP contribution < -0.4 is 5.32 Å². The lowest BCUT2D eigenvalue weighted by atomic mass is 10.1. The van der Waals surface area contributed by atoms with Gasteiger partial charge in [-0.05, 0) is 64.2 Å². The van der Waals surface area contributed by atoms with Crippen molar-refractivity contribution < 1.29 is 47.8 Å². The number of aliphatic hydroxyl groups excluding tert-OH is 1. The average molecular weight is 816 g/mol. The maximum absolute atomic E-state index is 12.3. The first-order valence-electron chi connectivity index (χ1n) is 22.4. The maximum Gasteiger partial charge on any atom is 0.472 e. The fourth-order valence-corrected chi connectivity index (χ4v) is 6.96. The van der Waals surface area contributed by atoms with Crippen molar-refractivity contribution in [2.75, 3.05) is 19.8 Å². The number of amides is 1. The second-order valence-corrected chi connectivity index (χ2v) is 16.7. The Bertz CT molecular complexity index is 1050. The molecule has 328 valence electrons. The smallest absolute Gasteiger partial charge is 0.472 e. The lowest BCUT2D eigenvalue weighted by molar-refractivity contribution is -0.147. The lowest BCUT2D eigenvalue weighted by Crippen LogP contribution is -2.43. The van der Waals surface area contributed by atoms with Gasteiger partial charge < -0.3 is 25.2 Å². The van der Waals surface area contributed by atoms with E-state index in [9.17, 15) is 34.1 Å². The van der Waals surface area contributed by atoms with Crippen LogP contribution in [0.1, 0.15) is 206 Å². The number of carboxylic acids is 1. The number of esters is 1. The number of phosphoric acid groups is 1. The maximum atomic E-state index is 12.3. The van der Waals surface area contributed by atoms with Crippen LogP contribution >= 0.6 is 7.82 Å². The third-order valence-corrected chi connectivity index (χ3v) is 10.7. The largest absolute Gasteiger partial charge is 0.480 e. The van der Waals surface area contributed by atoms with Crippen LogP contribution in [0.5, 0.6) is 0 Å². The fraction of sp³-hybridized carbons (Fsp3) is 0.841. The molecule has 0 aliphatic rings. The van der Waals surface area contributed by atoms with E-state index in [2.05, 4.69) is 43.5 Å². The van der Waals surface area contributed by atoms with Crippen molar-refractivity contribution in [2.24, 2.45) is 0 Å². The predicted octanol–water partition coefficient (Wildman–Crippen LogP) is 11.4. The third kappa shape index (κ3) is 38.8. The highest BCUT2D eigenvalue weighted by atomic mass is 31.2. The van der Waals surface area contributed by atoms with Gasteiger partial charge in [-0.3, -0.25) is 18.6 Å². The summed E-state index contributed by atoms with van der Waals surface area (Å²) in [7, 11) is -4.76. The zero-order valence-corrected chi connectivity index (χ0v) is 36.3. The van der Waals surface area contributed by atoms with Crippen LogP contribution in [0.2, 0.25) is 0 Å². The van der Waals surface area contributed by atoms with Crippen LogP contribution in [0.3, 0.4) is 0 Å². The fourth-order valence-electron chi connectivity index (χ4n) is 6.19. The lowest BCUT2D eigenvalue weighted by Gasteiger charge is -2.18. The second-order valence-electron chi connectivity index (χ2n) is 15.2. The first-order chi connectivity index (χ1) is 27.1. The van der Waals surface area contributed by atoms with Gasteiger partial charge in [0.2, 0.25) is 5.91 Å². The molecule has 3 unspecified atom stereocenters. The third-order valence-electron chi connectivity index (χ3n) is 9.71. The molecule has 3 atom stereocenters. The molecule has 0 aromatic heterocycles. The molecule has 11 nitrogen and oxygen atoms in total. The van der Waals surface area contributed by atoms with Crippen LogP contribution in [0, 0.1) is 0 Å². The molecule has 0 aromatic rings. The molecule has 0 fully saturated rings. The van der Waals surface area contributed by atoms with Crippen molar-refractivity contribution in [1.29, 1.82) is 0 Å². The van der Waals surface area contributed by atoms with Gasteiger partial charge in [-0.25, -0.2) is 9.36 Å². The first-order valence-corrected chi connectivity index (χ1v) is 23.9. The molecule has 0 heterocycles. The standard InChI is InChI=1S/C44H82NO10P/c1-3-5-7-9-11-13-15-17-19-20-22-24-26-28-30-32-34-36-43(48)53-37-40(46)38-54-56(51,52)55-39-41(44(49)50)45-42(47)35-33-31-29-27-25-23-21-18-16-14-12-10-8-6-4-2/h17-19,21,40-41,46H,3-16,20,22-39H2,1-2H3,(H,45,47)(H,49,50)(H,51,52)/b19-17-,21-18-. The number of ether oxygens (including phenoxy) is 1. The number of hydrogen-bond donors (Lipinski definition) is 4. The van der Waals surface area contributed by atoms with E-state index in [1.54, 1.807) is 0 Å². The minimum atomic E-state index is -4.76.